The number of piperazine rings is 1. The number of pyridine rings is 1. The summed E-state index contributed by atoms with van der Waals surface area (Å²) in [4.78, 5) is 9.15. The van der Waals surface area contributed by atoms with Crippen molar-refractivity contribution in [2.45, 2.75) is 13.3 Å². The van der Waals surface area contributed by atoms with Gasteiger partial charge >= 0.3 is 0 Å². The molecule has 1 aromatic heterocycles. The topological polar surface area (TPSA) is 19.4 Å². The van der Waals surface area contributed by atoms with Crippen molar-refractivity contribution >= 4 is 17.4 Å². The molecule has 0 unspecified atom stereocenters. The smallest absolute Gasteiger partial charge is 0.131 e. The average Bonchev–Trinajstić information content (AvgIpc) is 2.30. The van der Waals surface area contributed by atoms with Crippen LogP contribution in [0.3, 0.4) is 0 Å². The summed E-state index contributed by atoms with van der Waals surface area (Å²) in [6, 6.07) is 5.81. The summed E-state index contributed by atoms with van der Waals surface area (Å²) in [5, 5.41) is 0.577. The Balaban J connectivity index is 1.94. The minimum Gasteiger partial charge on any atom is -0.354 e. The van der Waals surface area contributed by atoms with E-state index < -0.39 is 0 Å². The van der Waals surface area contributed by atoms with E-state index in [1.807, 2.05) is 18.2 Å². The van der Waals surface area contributed by atoms with Crippen LogP contribution in [0.5, 0.6) is 0 Å². The maximum absolute atomic E-state index is 5.89. The van der Waals surface area contributed by atoms with E-state index >= 15 is 0 Å². The quantitative estimate of drug-likeness (QED) is 0.755. The summed E-state index contributed by atoms with van der Waals surface area (Å²) in [6.07, 6.45) is 1.23. The van der Waals surface area contributed by atoms with Gasteiger partial charge in [0.05, 0.1) is 0 Å². The first-order valence-corrected chi connectivity index (χ1v) is 6.27. The van der Waals surface area contributed by atoms with Crippen LogP contribution in [0.2, 0.25) is 5.15 Å². The molecular formula is C12H18ClN3. The van der Waals surface area contributed by atoms with Crippen LogP contribution in [0, 0.1) is 0 Å². The zero-order valence-corrected chi connectivity index (χ0v) is 10.5. The molecule has 0 saturated carbocycles. The third-order valence-corrected chi connectivity index (χ3v) is 3.15. The van der Waals surface area contributed by atoms with Crippen molar-refractivity contribution in [2.75, 3.05) is 37.6 Å². The van der Waals surface area contributed by atoms with Gasteiger partial charge in [-0.2, -0.15) is 0 Å². The second kappa shape index (κ2) is 5.51. The minimum absolute atomic E-state index is 0.577. The summed E-state index contributed by atoms with van der Waals surface area (Å²) < 4.78 is 0. The highest BCUT2D eigenvalue weighted by molar-refractivity contribution is 6.29. The Morgan fingerprint density at radius 2 is 2.00 bits per heavy atom. The monoisotopic (exact) mass is 239 g/mol. The molecule has 88 valence electrons. The van der Waals surface area contributed by atoms with Gasteiger partial charge in [-0.3, -0.25) is 4.90 Å². The highest BCUT2D eigenvalue weighted by atomic mass is 35.5. The zero-order chi connectivity index (χ0) is 11.4. The predicted octanol–water partition coefficient (Wildman–Crippen LogP) is 2.27. The number of anilines is 1. The number of halogens is 1. The van der Waals surface area contributed by atoms with E-state index in [0.717, 1.165) is 32.0 Å². The van der Waals surface area contributed by atoms with Gasteiger partial charge in [-0.25, -0.2) is 4.98 Å². The third-order valence-electron chi connectivity index (χ3n) is 2.94. The first-order valence-electron chi connectivity index (χ1n) is 5.89. The maximum atomic E-state index is 5.89. The summed E-state index contributed by atoms with van der Waals surface area (Å²) in [7, 11) is 0. The fourth-order valence-corrected chi connectivity index (χ4v) is 2.25. The van der Waals surface area contributed by atoms with Crippen molar-refractivity contribution in [3.8, 4) is 0 Å². The van der Waals surface area contributed by atoms with Gasteiger partial charge < -0.3 is 4.90 Å². The Kier molecular flexibility index (Phi) is 4.02. The second-order valence-electron chi connectivity index (χ2n) is 4.15. The predicted molar refractivity (Wildman–Crippen MR) is 68.2 cm³/mol. The van der Waals surface area contributed by atoms with Gasteiger partial charge in [-0.05, 0) is 25.1 Å². The minimum atomic E-state index is 0.577. The van der Waals surface area contributed by atoms with E-state index in [9.17, 15) is 0 Å². The Hall–Kier alpha value is -0.800. The first kappa shape index (κ1) is 11.7. The molecule has 0 radical (unpaired) electrons. The van der Waals surface area contributed by atoms with Crippen LogP contribution < -0.4 is 4.90 Å². The number of nitrogens with zero attached hydrogens (tertiary/aromatic N) is 3. The molecule has 16 heavy (non-hydrogen) atoms. The number of hydrogen-bond donors (Lipinski definition) is 0. The maximum Gasteiger partial charge on any atom is 0.131 e. The highest BCUT2D eigenvalue weighted by Crippen LogP contribution is 2.16. The van der Waals surface area contributed by atoms with E-state index in [0.29, 0.717) is 5.15 Å². The molecule has 0 N–H and O–H groups in total. The van der Waals surface area contributed by atoms with Crippen LogP contribution in [0.1, 0.15) is 13.3 Å². The second-order valence-corrected chi connectivity index (χ2v) is 4.53. The molecule has 1 fully saturated rings. The number of hydrogen-bond acceptors (Lipinski definition) is 3. The molecule has 3 nitrogen and oxygen atoms in total. The summed E-state index contributed by atoms with van der Waals surface area (Å²) in [5.74, 6) is 1.00. The lowest BCUT2D eigenvalue weighted by Crippen LogP contribution is -2.46. The van der Waals surface area contributed by atoms with E-state index in [4.69, 9.17) is 11.6 Å². The van der Waals surface area contributed by atoms with E-state index in [1.54, 1.807) is 0 Å². The van der Waals surface area contributed by atoms with Crippen molar-refractivity contribution in [3.63, 3.8) is 0 Å². The van der Waals surface area contributed by atoms with E-state index in [2.05, 4.69) is 21.7 Å². The molecule has 0 atom stereocenters. The normalized spacial score (nSPS) is 17.8. The van der Waals surface area contributed by atoms with Gasteiger partial charge in [-0.15, -0.1) is 0 Å². The zero-order valence-electron chi connectivity index (χ0n) is 9.69. The fourth-order valence-electron chi connectivity index (χ4n) is 2.09. The number of aromatic nitrogens is 1. The fraction of sp³-hybridized carbons (Fsp3) is 0.583. The van der Waals surface area contributed by atoms with Crippen molar-refractivity contribution in [3.05, 3.63) is 23.4 Å². The van der Waals surface area contributed by atoms with Crippen molar-refractivity contribution in [1.29, 1.82) is 0 Å². The van der Waals surface area contributed by atoms with Gasteiger partial charge in [0, 0.05) is 26.2 Å². The van der Waals surface area contributed by atoms with E-state index in [-0.39, 0.29) is 0 Å². The third kappa shape index (κ3) is 2.86. The molecule has 2 rings (SSSR count). The molecule has 0 aliphatic carbocycles. The summed E-state index contributed by atoms with van der Waals surface area (Å²) >= 11 is 5.89. The summed E-state index contributed by atoms with van der Waals surface area (Å²) in [6.45, 7) is 7.78. The Morgan fingerprint density at radius 3 is 2.62 bits per heavy atom. The van der Waals surface area contributed by atoms with Crippen LogP contribution in [-0.2, 0) is 0 Å². The first-order chi connectivity index (χ1) is 7.79. The molecule has 1 aromatic rings. The summed E-state index contributed by atoms with van der Waals surface area (Å²) in [5.41, 5.74) is 0. The van der Waals surface area contributed by atoms with E-state index in [1.165, 1.54) is 13.0 Å². The average molecular weight is 240 g/mol. The van der Waals surface area contributed by atoms with Crippen molar-refractivity contribution in [1.82, 2.24) is 9.88 Å². The molecule has 1 saturated heterocycles. The molecule has 1 aliphatic heterocycles. The van der Waals surface area contributed by atoms with Crippen LogP contribution in [-0.4, -0.2) is 42.6 Å². The molecule has 0 aromatic carbocycles. The van der Waals surface area contributed by atoms with Crippen molar-refractivity contribution in [2.24, 2.45) is 0 Å². The van der Waals surface area contributed by atoms with Crippen LogP contribution in [0.15, 0.2) is 18.2 Å². The largest absolute Gasteiger partial charge is 0.354 e. The SMILES string of the molecule is CCCN1CCN(c2cccc(Cl)n2)CC1. The lowest BCUT2D eigenvalue weighted by Gasteiger charge is -2.35. The standard InChI is InChI=1S/C12H18ClN3/c1-2-6-15-7-9-16(10-8-15)12-5-3-4-11(13)14-12/h3-5H,2,6-10H2,1H3. The van der Waals surface area contributed by atoms with Gasteiger partial charge in [0.15, 0.2) is 0 Å². The molecule has 0 bridgehead atoms. The van der Waals surface area contributed by atoms with Gasteiger partial charge in [0.1, 0.15) is 11.0 Å². The molecule has 1 aliphatic rings. The van der Waals surface area contributed by atoms with Crippen LogP contribution in [0.25, 0.3) is 0 Å². The Bertz CT molecular complexity index is 335. The molecule has 2 heterocycles. The Labute approximate surface area is 102 Å². The lowest BCUT2D eigenvalue weighted by atomic mass is 10.3. The highest BCUT2D eigenvalue weighted by Gasteiger charge is 2.17. The molecule has 4 heteroatoms. The number of rotatable bonds is 3. The van der Waals surface area contributed by atoms with Crippen LogP contribution >= 0.6 is 11.6 Å². The lowest BCUT2D eigenvalue weighted by molar-refractivity contribution is 0.258. The van der Waals surface area contributed by atoms with Gasteiger partial charge in [0.25, 0.3) is 0 Å². The van der Waals surface area contributed by atoms with Gasteiger partial charge in [-0.1, -0.05) is 24.6 Å². The van der Waals surface area contributed by atoms with Crippen LogP contribution in [0.4, 0.5) is 5.82 Å². The Morgan fingerprint density at radius 1 is 1.25 bits per heavy atom. The molecule has 0 amide bonds. The van der Waals surface area contributed by atoms with Gasteiger partial charge in [0.2, 0.25) is 0 Å². The molecule has 0 spiro atoms. The van der Waals surface area contributed by atoms with Crippen molar-refractivity contribution < 1.29 is 0 Å². The molecular weight excluding hydrogens is 222 g/mol.